The first-order valence-corrected chi connectivity index (χ1v) is 8.21. The highest BCUT2D eigenvalue weighted by molar-refractivity contribution is 5.36. The van der Waals surface area contributed by atoms with E-state index < -0.39 is 11.9 Å². The van der Waals surface area contributed by atoms with Gasteiger partial charge in [0.15, 0.2) is 5.69 Å². The number of alkyl halides is 3. The topological polar surface area (TPSA) is 43.1 Å². The largest absolute Gasteiger partial charge is 0.433 e. The second kappa shape index (κ2) is 4.24. The Morgan fingerprint density at radius 3 is 2.22 bits per heavy atom. The summed E-state index contributed by atoms with van der Waals surface area (Å²) >= 11 is 0. The number of rotatable bonds is 1. The number of fused-ring (bicyclic) bond motifs is 1. The van der Waals surface area contributed by atoms with E-state index in [1.54, 1.807) is 0 Å². The van der Waals surface area contributed by atoms with Gasteiger partial charge in [0.1, 0.15) is 6.33 Å². The minimum atomic E-state index is -4.45. The van der Waals surface area contributed by atoms with Crippen LogP contribution in [0.2, 0.25) is 0 Å². The lowest BCUT2D eigenvalue weighted by atomic mass is 9.49. The SMILES string of the molecule is FC(F)(F)c1cc(C23CC4CC(CC(C4)C2)C3)nc2ncnn12. The Labute approximate surface area is 131 Å². The van der Waals surface area contributed by atoms with Crippen LogP contribution in [0, 0.1) is 17.8 Å². The van der Waals surface area contributed by atoms with E-state index in [-0.39, 0.29) is 11.2 Å². The van der Waals surface area contributed by atoms with Crippen molar-refractivity contribution >= 4 is 5.78 Å². The van der Waals surface area contributed by atoms with Crippen LogP contribution in [-0.4, -0.2) is 19.6 Å². The van der Waals surface area contributed by atoms with Crippen molar-refractivity contribution < 1.29 is 13.2 Å². The number of halogens is 3. The molecule has 23 heavy (non-hydrogen) atoms. The molecule has 122 valence electrons. The van der Waals surface area contributed by atoms with E-state index in [9.17, 15) is 13.2 Å². The summed E-state index contributed by atoms with van der Waals surface area (Å²) in [5, 5.41) is 3.70. The summed E-state index contributed by atoms with van der Waals surface area (Å²) in [7, 11) is 0. The van der Waals surface area contributed by atoms with Crippen molar-refractivity contribution in [2.75, 3.05) is 0 Å². The van der Waals surface area contributed by atoms with Crippen LogP contribution in [-0.2, 0) is 11.6 Å². The molecule has 0 aromatic carbocycles. The van der Waals surface area contributed by atoms with Crippen molar-refractivity contribution in [3.8, 4) is 0 Å². The van der Waals surface area contributed by atoms with Crippen molar-refractivity contribution in [3.63, 3.8) is 0 Å². The maximum Gasteiger partial charge on any atom is 0.433 e. The van der Waals surface area contributed by atoms with E-state index in [1.165, 1.54) is 25.3 Å². The van der Waals surface area contributed by atoms with E-state index in [4.69, 9.17) is 0 Å². The molecular weight excluding hydrogens is 305 g/mol. The van der Waals surface area contributed by atoms with Crippen LogP contribution < -0.4 is 0 Å². The van der Waals surface area contributed by atoms with Gasteiger partial charge in [0, 0.05) is 5.41 Å². The minimum absolute atomic E-state index is 0.0607. The monoisotopic (exact) mass is 322 g/mol. The maximum atomic E-state index is 13.4. The number of hydrogen-bond acceptors (Lipinski definition) is 3. The van der Waals surface area contributed by atoms with Gasteiger partial charge in [-0.2, -0.15) is 27.8 Å². The highest BCUT2D eigenvalue weighted by Crippen LogP contribution is 2.60. The normalized spacial score (nSPS) is 36.0. The third kappa shape index (κ3) is 1.94. The molecule has 0 saturated heterocycles. The Balaban J connectivity index is 1.69. The van der Waals surface area contributed by atoms with Crippen LogP contribution in [0.15, 0.2) is 12.4 Å². The summed E-state index contributed by atoms with van der Waals surface area (Å²) in [6.45, 7) is 0. The molecule has 0 amide bonds. The molecule has 0 unspecified atom stereocenters. The van der Waals surface area contributed by atoms with Gasteiger partial charge < -0.3 is 0 Å². The van der Waals surface area contributed by atoms with Gasteiger partial charge in [-0.3, -0.25) is 0 Å². The van der Waals surface area contributed by atoms with Crippen LogP contribution in [0.3, 0.4) is 0 Å². The maximum absolute atomic E-state index is 13.4. The fourth-order valence-electron chi connectivity index (χ4n) is 5.71. The highest BCUT2D eigenvalue weighted by atomic mass is 19.4. The van der Waals surface area contributed by atoms with Gasteiger partial charge in [-0.1, -0.05) is 0 Å². The molecular formula is C16H17F3N4. The predicted molar refractivity (Wildman–Crippen MR) is 75.6 cm³/mol. The molecule has 0 spiro atoms. The molecule has 4 aliphatic carbocycles. The van der Waals surface area contributed by atoms with E-state index in [2.05, 4.69) is 15.1 Å². The van der Waals surface area contributed by atoms with Gasteiger partial charge >= 0.3 is 6.18 Å². The molecule has 0 atom stereocenters. The molecule has 2 aromatic rings. The Hall–Kier alpha value is -1.66. The Bertz CT molecular complexity index is 744. The zero-order chi connectivity index (χ0) is 15.8. The molecule has 4 nitrogen and oxygen atoms in total. The first-order chi connectivity index (χ1) is 10.9. The van der Waals surface area contributed by atoms with Crippen molar-refractivity contribution in [3.05, 3.63) is 23.8 Å². The Morgan fingerprint density at radius 1 is 1.04 bits per heavy atom. The third-order valence-electron chi connectivity index (χ3n) is 6.12. The standard InChI is InChI=1S/C16H17F3N4/c17-16(18,19)13-4-12(22-14-20-8-21-23(13)14)15-5-9-1-10(6-15)3-11(2-9)7-15/h4,8-11H,1-3,5-7H2. The molecule has 2 aromatic heterocycles. The molecule has 4 saturated carbocycles. The first-order valence-electron chi connectivity index (χ1n) is 8.21. The molecule has 0 radical (unpaired) electrons. The zero-order valence-corrected chi connectivity index (χ0v) is 12.6. The quantitative estimate of drug-likeness (QED) is 0.805. The van der Waals surface area contributed by atoms with Crippen molar-refractivity contribution in [1.29, 1.82) is 0 Å². The first kappa shape index (κ1) is 13.7. The molecule has 2 heterocycles. The molecule has 4 bridgehead atoms. The van der Waals surface area contributed by atoms with Gasteiger partial charge in [0.05, 0.1) is 5.69 Å². The minimum Gasteiger partial charge on any atom is -0.215 e. The van der Waals surface area contributed by atoms with Crippen LogP contribution >= 0.6 is 0 Å². The van der Waals surface area contributed by atoms with Gasteiger partial charge in [-0.25, -0.2) is 4.98 Å². The number of nitrogens with zero attached hydrogens (tertiary/aromatic N) is 4. The summed E-state index contributed by atoms with van der Waals surface area (Å²) in [6.07, 6.45) is 3.37. The van der Waals surface area contributed by atoms with E-state index in [0.29, 0.717) is 23.4 Å². The molecule has 7 heteroatoms. The molecule has 4 aliphatic rings. The second-order valence-corrected chi connectivity index (χ2v) is 7.69. The lowest BCUT2D eigenvalue weighted by molar-refractivity contribution is -0.142. The second-order valence-electron chi connectivity index (χ2n) is 7.69. The Morgan fingerprint density at radius 2 is 1.65 bits per heavy atom. The number of aromatic nitrogens is 4. The van der Waals surface area contributed by atoms with Crippen LogP contribution in [0.4, 0.5) is 13.2 Å². The van der Waals surface area contributed by atoms with Gasteiger partial charge in [-0.05, 0) is 62.3 Å². The average Bonchev–Trinajstić information content (AvgIpc) is 2.91. The van der Waals surface area contributed by atoms with Crippen LogP contribution in [0.25, 0.3) is 5.78 Å². The molecule has 0 aliphatic heterocycles. The summed E-state index contributed by atoms with van der Waals surface area (Å²) in [5.74, 6) is 2.04. The third-order valence-corrected chi connectivity index (χ3v) is 6.12. The summed E-state index contributed by atoms with van der Waals surface area (Å²) in [5.41, 5.74) is -0.349. The fourth-order valence-corrected chi connectivity index (χ4v) is 5.71. The fraction of sp³-hybridized carbons (Fsp3) is 0.688. The summed E-state index contributed by atoms with van der Waals surface area (Å²) in [4.78, 5) is 8.41. The van der Waals surface area contributed by atoms with E-state index >= 15 is 0 Å². The van der Waals surface area contributed by atoms with Crippen LogP contribution in [0.1, 0.15) is 49.9 Å². The predicted octanol–water partition coefficient (Wildman–Crippen LogP) is 3.61. The van der Waals surface area contributed by atoms with Crippen molar-refractivity contribution in [2.45, 2.75) is 50.1 Å². The Kier molecular flexibility index (Phi) is 2.54. The average molecular weight is 322 g/mol. The van der Waals surface area contributed by atoms with Gasteiger partial charge in [0.2, 0.25) is 0 Å². The highest BCUT2D eigenvalue weighted by Gasteiger charge is 2.53. The molecule has 4 fully saturated rings. The van der Waals surface area contributed by atoms with Crippen molar-refractivity contribution in [2.24, 2.45) is 17.8 Å². The van der Waals surface area contributed by atoms with Gasteiger partial charge in [0.25, 0.3) is 5.78 Å². The van der Waals surface area contributed by atoms with E-state index in [0.717, 1.165) is 30.1 Å². The molecule has 6 rings (SSSR count). The lowest BCUT2D eigenvalue weighted by Crippen LogP contribution is -2.49. The summed E-state index contributed by atoms with van der Waals surface area (Å²) in [6, 6.07) is 1.23. The summed E-state index contributed by atoms with van der Waals surface area (Å²) < 4.78 is 41.1. The molecule has 0 N–H and O–H groups in total. The van der Waals surface area contributed by atoms with Crippen LogP contribution in [0.5, 0.6) is 0 Å². The zero-order valence-electron chi connectivity index (χ0n) is 12.6. The van der Waals surface area contributed by atoms with E-state index in [1.807, 2.05) is 0 Å². The number of hydrogen-bond donors (Lipinski definition) is 0. The smallest absolute Gasteiger partial charge is 0.215 e. The van der Waals surface area contributed by atoms with Crippen molar-refractivity contribution in [1.82, 2.24) is 19.6 Å². The van der Waals surface area contributed by atoms with Gasteiger partial charge in [-0.15, -0.1) is 0 Å². The lowest BCUT2D eigenvalue weighted by Gasteiger charge is -2.56.